The minimum atomic E-state index is -0.525. The van der Waals surface area contributed by atoms with E-state index >= 15 is 0 Å². The first-order valence-electron chi connectivity index (χ1n) is 8.96. The van der Waals surface area contributed by atoms with Gasteiger partial charge in [0.2, 0.25) is 0 Å². The molecule has 4 nitrogen and oxygen atoms in total. The van der Waals surface area contributed by atoms with E-state index in [-0.39, 0.29) is 18.1 Å². The third-order valence-corrected chi connectivity index (χ3v) is 5.43. The Bertz CT molecular complexity index is 741. The maximum absolute atomic E-state index is 12.5. The summed E-state index contributed by atoms with van der Waals surface area (Å²) < 4.78 is 5.68. The van der Waals surface area contributed by atoms with Crippen LogP contribution in [-0.4, -0.2) is 41.4 Å². The van der Waals surface area contributed by atoms with Crippen molar-refractivity contribution in [2.45, 2.75) is 37.8 Å². The van der Waals surface area contributed by atoms with Crippen LogP contribution in [0.1, 0.15) is 36.8 Å². The van der Waals surface area contributed by atoms with Crippen molar-refractivity contribution in [1.29, 1.82) is 0 Å². The molecule has 2 aromatic carbocycles. The Kier molecular flexibility index (Phi) is 4.22. The monoisotopic (exact) mass is 337 g/mol. The van der Waals surface area contributed by atoms with E-state index in [1.165, 1.54) is 22.3 Å². The lowest BCUT2D eigenvalue weighted by Gasteiger charge is -2.26. The Morgan fingerprint density at radius 2 is 1.76 bits per heavy atom. The molecular formula is C21H23NO3. The molecule has 1 unspecified atom stereocenters. The number of aliphatic hydroxyl groups excluding tert-OH is 1. The van der Waals surface area contributed by atoms with E-state index in [1.54, 1.807) is 11.8 Å². The number of likely N-dealkylation sites (tertiary alicyclic amines) is 1. The second-order valence-corrected chi connectivity index (χ2v) is 6.95. The predicted octanol–water partition coefficient (Wildman–Crippen LogP) is 3.78. The molecule has 4 rings (SSSR count). The van der Waals surface area contributed by atoms with Crippen molar-refractivity contribution in [3.05, 3.63) is 59.7 Å². The zero-order chi connectivity index (χ0) is 17.4. The van der Waals surface area contributed by atoms with E-state index in [4.69, 9.17) is 4.74 Å². The number of amides is 1. The predicted molar refractivity (Wildman–Crippen MR) is 96.5 cm³/mol. The van der Waals surface area contributed by atoms with Crippen LogP contribution in [0.3, 0.4) is 0 Å². The van der Waals surface area contributed by atoms with Gasteiger partial charge in [-0.05, 0) is 42.0 Å². The molecule has 1 heterocycles. The molecule has 25 heavy (non-hydrogen) atoms. The van der Waals surface area contributed by atoms with Crippen LogP contribution < -0.4 is 0 Å². The number of rotatable bonds is 3. The van der Waals surface area contributed by atoms with Gasteiger partial charge in [0.25, 0.3) is 0 Å². The third-order valence-electron chi connectivity index (χ3n) is 5.43. The molecule has 0 radical (unpaired) electrons. The van der Waals surface area contributed by atoms with Crippen LogP contribution in [0.4, 0.5) is 4.79 Å². The smallest absolute Gasteiger partial charge is 0.410 e. The summed E-state index contributed by atoms with van der Waals surface area (Å²) in [6, 6.07) is 16.5. The third kappa shape index (κ3) is 2.81. The number of hydrogen-bond acceptors (Lipinski definition) is 3. The lowest BCUT2D eigenvalue weighted by molar-refractivity contribution is 0.0574. The number of fused-ring (bicyclic) bond motifs is 3. The molecule has 0 spiro atoms. The molecule has 0 saturated carbocycles. The molecular weight excluding hydrogens is 314 g/mol. The minimum Gasteiger partial charge on any atom is -0.448 e. The molecule has 1 amide bonds. The van der Waals surface area contributed by atoms with E-state index in [0.717, 1.165) is 12.8 Å². The van der Waals surface area contributed by atoms with Crippen LogP contribution in [0.15, 0.2) is 48.5 Å². The van der Waals surface area contributed by atoms with Crippen molar-refractivity contribution in [3.63, 3.8) is 0 Å². The molecule has 1 aliphatic heterocycles. The average Bonchev–Trinajstić information content (AvgIpc) is 3.23. The molecule has 1 N–H and O–H groups in total. The van der Waals surface area contributed by atoms with Crippen LogP contribution >= 0.6 is 0 Å². The first kappa shape index (κ1) is 16.2. The van der Waals surface area contributed by atoms with E-state index in [2.05, 4.69) is 24.3 Å². The summed E-state index contributed by atoms with van der Waals surface area (Å²) in [5.74, 6) is 0.0731. The van der Waals surface area contributed by atoms with E-state index < -0.39 is 6.10 Å². The van der Waals surface area contributed by atoms with Crippen LogP contribution in [0.2, 0.25) is 0 Å². The maximum atomic E-state index is 12.5. The van der Waals surface area contributed by atoms with Crippen molar-refractivity contribution >= 4 is 6.09 Å². The molecule has 0 aromatic heterocycles. The fourth-order valence-corrected chi connectivity index (χ4v) is 4.20. The molecule has 130 valence electrons. The molecule has 1 saturated heterocycles. The summed E-state index contributed by atoms with van der Waals surface area (Å²) in [7, 11) is 0. The highest BCUT2D eigenvalue weighted by Crippen LogP contribution is 2.44. The van der Waals surface area contributed by atoms with Gasteiger partial charge < -0.3 is 14.7 Å². The van der Waals surface area contributed by atoms with Crippen molar-refractivity contribution in [2.24, 2.45) is 0 Å². The van der Waals surface area contributed by atoms with Crippen LogP contribution in [0, 0.1) is 0 Å². The highest BCUT2D eigenvalue weighted by atomic mass is 16.6. The van der Waals surface area contributed by atoms with Gasteiger partial charge >= 0.3 is 6.09 Å². The Balaban J connectivity index is 1.53. The summed E-state index contributed by atoms with van der Waals surface area (Å²) in [5, 5.41) is 9.86. The Morgan fingerprint density at radius 1 is 1.16 bits per heavy atom. The van der Waals surface area contributed by atoms with Gasteiger partial charge in [-0.2, -0.15) is 0 Å². The normalized spacial score (nSPS) is 20.2. The molecule has 0 bridgehead atoms. The van der Waals surface area contributed by atoms with E-state index in [1.807, 2.05) is 24.3 Å². The van der Waals surface area contributed by atoms with Crippen LogP contribution in [0.25, 0.3) is 11.1 Å². The van der Waals surface area contributed by atoms with Crippen molar-refractivity contribution < 1.29 is 14.6 Å². The molecule has 2 atom stereocenters. The minimum absolute atomic E-state index is 0.0731. The lowest BCUT2D eigenvalue weighted by atomic mass is 9.98. The number of nitrogens with zero attached hydrogens (tertiary/aromatic N) is 1. The number of hydrogen-bond donors (Lipinski definition) is 1. The molecule has 4 heteroatoms. The highest BCUT2D eigenvalue weighted by Gasteiger charge is 2.34. The zero-order valence-corrected chi connectivity index (χ0v) is 14.4. The van der Waals surface area contributed by atoms with E-state index in [0.29, 0.717) is 13.2 Å². The fourth-order valence-electron chi connectivity index (χ4n) is 4.20. The van der Waals surface area contributed by atoms with Gasteiger partial charge in [0.15, 0.2) is 0 Å². The number of aliphatic hydroxyl groups is 1. The summed E-state index contributed by atoms with van der Waals surface area (Å²) in [4.78, 5) is 14.2. The highest BCUT2D eigenvalue weighted by molar-refractivity contribution is 5.79. The van der Waals surface area contributed by atoms with Gasteiger partial charge in [-0.25, -0.2) is 4.79 Å². The Morgan fingerprint density at radius 3 is 2.36 bits per heavy atom. The molecule has 2 aliphatic rings. The van der Waals surface area contributed by atoms with Gasteiger partial charge in [-0.3, -0.25) is 0 Å². The first-order valence-corrected chi connectivity index (χ1v) is 8.96. The fraction of sp³-hybridized carbons (Fsp3) is 0.381. The largest absolute Gasteiger partial charge is 0.448 e. The number of ether oxygens (including phenoxy) is 1. The lowest BCUT2D eigenvalue weighted by Crippen LogP contribution is -2.42. The van der Waals surface area contributed by atoms with Gasteiger partial charge in [-0.1, -0.05) is 48.5 Å². The van der Waals surface area contributed by atoms with Crippen molar-refractivity contribution in [1.82, 2.24) is 4.90 Å². The Labute approximate surface area is 148 Å². The van der Waals surface area contributed by atoms with Gasteiger partial charge in [0, 0.05) is 12.5 Å². The standard InChI is InChI=1S/C21H23NO3/c1-14(23)20-11-6-12-22(20)21(24)25-13-19-17-9-4-2-7-15(17)16-8-3-5-10-18(16)19/h2-5,7-10,14,19-20,23H,6,11-13H2,1H3/t14?,20-/m1/s1. The average molecular weight is 337 g/mol. The molecule has 1 aliphatic carbocycles. The van der Waals surface area contributed by atoms with Gasteiger partial charge in [0.1, 0.15) is 6.61 Å². The van der Waals surface area contributed by atoms with Crippen LogP contribution in [-0.2, 0) is 4.74 Å². The SMILES string of the molecule is CC(O)[C@H]1CCCN1C(=O)OCC1c2ccccc2-c2ccccc21. The first-order chi connectivity index (χ1) is 12.2. The second kappa shape index (κ2) is 6.52. The van der Waals surface area contributed by atoms with E-state index in [9.17, 15) is 9.90 Å². The quantitative estimate of drug-likeness (QED) is 0.927. The summed E-state index contributed by atoms with van der Waals surface area (Å²) >= 11 is 0. The summed E-state index contributed by atoms with van der Waals surface area (Å²) in [6.45, 7) is 2.72. The van der Waals surface area contributed by atoms with Crippen molar-refractivity contribution in [2.75, 3.05) is 13.2 Å². The van der Waals surface area contributed by atoms with Crippen LogP contribution in [0.5, 0.6) is 0 Å². The topological polar surface area (TPSA) is 49.8 Å². The molecule has 2 aromatic rings. The Hall–Kier alpha value is -2.33. The number of benzene rings is 2. The maximum Gasteiger partial charge on any atom is 0.410 e. The number of carbonyl (C=O) groups excluding carboxylic acids is 1. The van der Waals surface area contributed by atoms with Gasteiger partial charge in [-0.15, -0.1) is 0 Å². The molecule has 1 fully saturated rings. The second-order valence-electron chi connectivity index (χ2n) is 6.95. The summed E-state index contributed by atoms with van der Waals surface area (Å²) in [5.41, 5.74) is 4.87. The zero-order valence-electron chi connectivity index (χ0n) is 14.4. The van der Waals surface area contributed by atoms with Crippen molar-refractivity contribution in [3.8, 4) is 11.1 Å². The summed E-state index contributed by atoms with van der Waals surface area (Å²) in [6.07, 6.45) is 0.912. The number of carbonyl (C=O) groups is 1. The van der Waals surface area contributed by atoms with Gasteiger partial charge in [0.05, 0.1) is 12.1 Å².